The number of allylic oxidation sites excluding steroid dienone is 6. The number of amides is 1. The molecule has 6 N–H and O–H groups in total. The van der Waals surface area contributed by atoms with Gasteiger partial charge in [0.15, 0.2) is 5.96 Å². The Bertz CT molecular complexity index is 1320. The van der Waals surface area contributed by atoms with E-state index in [9.17, 15) is 15.0 Å². The summed E-state index contributed by atoms with van der Waals surface area (Å²) in [6, 6.07) is 0. The van der Waals surface area contributed by atoms with Crippen molar-refractivity contribution in [2.45, 2.75) is 177 Å². The highest BCUT2D eigenvalue weighted by Crippen LogP contribution is 2.46. The van der Waals surface area contributed by atoms with E-state index < -0.39 is 29.3 Å². The zero-order valence-corrected chi connectivity index (χ0v) is 30.7. The lowest BCUT2D eigenvalue weighted by atomic mass is 9.83. The largest absolute Gasteiger partial charge is 0.390 e. The smallest absolute Gasteiger partial charge is 0.273 e. The monoisotopic (exact) mass is 699 g/mol. The summed E-state index contributed by atoms with van der Waals surface area (Å²) in [5.74, 6) is -0.472. The molecule has 5 heterocycles. The molecular formula is C39H61N3O8. The van der Waals surface area contributed by atoms with Crippen molar-refractivity contribution < 1.29 is 38.7 Å². The zero-order chi connectivity index (χ0) is 36.2. The molecule has 0 bridgehead atoms. The molecule has 11 heteroatoms. The molecule has 11 nitrogen and oxygen atoms in total. The average Bonchev–Trinajstić information content (AvgIpc) is 3.31. The van der Waals surface area contributed by atoms with Crippen molar-refractivity contribution in [2.75, 3.05) is 0 Å². The van der Waals surface area contributed by atoms with Gasteiger partial charge < -0.3 is 45.4 Å². The SMILES string of the molecule is C=C/C=C\CCC1OC2CCC3(C)OC4C(O)CC5OC(CC/C=C(C)/C(C)=C/C(=O)N=C(N)N)C(C)CC5OC4CC3OC2CCC1(C)O. The Morgan fingerprint density at radius 2 is 1.64 bits per heavy atom. The lowest BCUT2D eigenvalue weighted by Crippen LogP contribution is -2.59. The van der Waals surface area contributed by atoms with Crippen molar-refractivity contribution in [3.8, 4) is 0 Å². The van der Waals surface area contributed by atoms with E-state index in [2.05, 4.69) is 37.6 Å². The van der Waals surface area contributed by atoms with Gasteiger partial charge in [-0.3, -0.25) is 4.79 Å². The molecule has 0 saturated carbocycles. The van der Waals surface area contributed by atoms with Gasteiger partial charge in [-0.2, -0.15) is 4.99 Å². The predicted molar refractivity (Wildman–Crippen MR) is 192 cm³/mol. The van der Waals surface area contributed by atoms with Crippen LogP contribution in [0.5, 0.6) is 0 Å². The minimum Gasteiger partial charge on any atom is -0.390 e. The zero-order valence-electron chi connectivity index (χ0n) is 30.7. The van der Waals surface area contributed by atoms with Gasteiger partial charge in [-0.05, 0) is 97.0 Å². The highest BCUT2D eigenvalue weighted by molar-refractivity contribution is 5.98. The van der Waals surface area contributed by atoms with Gasteiger partial charge in [-0.1, -0.05) is 43.4 Å². The van der Waals surface area contributed by atoms with E-state index in [1.165, 1.54) is 6.08 Å². The standard InChI is InChI=1S/C39H61N3O8/c1-7-8-9-10-14-33-38(5,45)17-15-28-29(48-33)16-18-39(6)34(49-28)22-32-36(50-39)26(43)21-31-30(47-32)19-25(4)27(46-31)13-11-12-23(2)24(3)20-35(44)42-37(40)41/h7-9,12,20,25-34,36,43,45H,1,10-11,13-19,21-22H2,2-6H3,(H4,40,41,42,44)/b9-8-,23-12+,24-20+. The minimum atomic E-state index is -0.935. The molecule has 0 aromatic rings. The Morgan fingerprint density at radius 1 is 0.920 bits per heavy atom. The van der Waals surface area contributed by atoms with Gasteiger partial charge in [-0.25, -0.2) is 0 Å². The van der Waals surface area contributed by atoms with Gasteiger partial charge in [0.1, 0.15) is 6.10 Å². The summed E-state index contributed by atoms with van der Waals surface area (Å²) in [7, 11) is 0. The summed E-state index contributed by atoms with van der Waals surface area (Å²) in [6.45, 7) is 13.8. The fraction of sp³-hybridized carbons (Fsp3) is 0.744. The van der Waals surface area contributed by atoms with Gasteiger partial charge in [0.05, 0.1) is 66.1 Å². The molecule has 0 radical (unpaired) electrons. The van der Waals surface area contributed by atoms with E-state index in [-0.39, 0.29) is 60.7 Å². The Balaban J connectivity index is 1.21. The van der Waals surface area contributed by atoms with E-state index in [0.29, 0.717) is 25.7 Å². The molecule has 0 aliphatic carbocycles. The maximum atomic E-state index is 11.9. The van der Waals surface area contributed by atoms with Gasteiger partial charge in [0, 0.05) is 18.9 Å². The lowest BCUT2D eigenvalue weighted by Gasteiger charge is -2.48. The van der Waals surface area contributed by atoms with E-state index in [4.69, 9.17) is 35.2 Å². The number of ether oxygens (including phenoxy) is 5. The third-order valence-corrected chi connectivity index (χ3v) is 11.7. The molecule has 0 aromatic carbocycles. The number of fused-ring (bicyclic) bond motifs is 4. The third-order valence-electron chi connectivity index (χ3n) is 11.7. The molecule has 13 unspecified atom stereocenters. The molecule has 5 saturated heterocycles. The quantitative estimate of drug-likeness (QED) is 0.115. The van der Waals surface area contributed by atoms with Crippen LogP contribution in [0.2, 0.25) is 0 Å². The van der Waals surface area contributed by atoms with Crippen LogP contribution in [0, 0.1) is 5.92 Å². The number of hydrogen-bond donors (Lipinski definition) is 4. The Kier molecular flexibility index (Phi) is 12.8. The van der Waals surface area contributed by atoms with Crippen LogP contribution in [0.25, 0.3) is 0 Å². The second-order valence-electron chi connectivity index (χ2n) is 15.7. The number of aliphatic imine (C=N–C) groups is 1. The van der Waals surface area contributed by atoms with Gasteiger partial charge >= 0.3 is 0 Å². The first-order chi connectivity index (χ1) is 23.7. The predicted octanol–water partition coefficient (Wildman–Crippen LogP) is 4.69. The molecule has 5 aliphatic heterocycles. The van der Waals surface area contributed by atoms with Crippen molar-refractivity contribution >= 4 is 11.9 Å². The van der Waals surface area contributed by atoms with Crippen LogP contribution >= 0.6 is 0 Å². The van der Waals surface area contributed by atoms with E-state index in [1.807, 2.05) is 26.8 Å². The summed E-state index contributed by atoms with van der Waals surface area (Å²) in [4.78, 5) is 15.5. The van der Waals surface area contributed by atoms with Crippen molar-refractivity contribution in [1.29, 1.82) is 0 Å². The van der Waals surface area contributed by atoms with Crippen LogP contribution in [-0.4, -0.2) is 94.3 Å². The number of rotatable bonds is 9. The number of nitrogens with two attached hydrogens (primary N) is 2. The highest BCUT2D eigenvalue weighted by Gasteiger charge is 2.56. The third kappa shape index (κ3) is 9.34. The fourth-order valence-electron chi connectivity index (χ4n) is 8.53. The maximum absolute atomic E-state index is 11.9. The number of aliphatic hydroxyl groups excluding tert-OH is 1. The molecule has 5 aliphatic rings. The number of carbonyl (C=O) groups is 1. The summed E-state index contributed by atoms with van der Waals surface area (Å²) < 4.78 is 33.8. The Labute approximate surface area is 298 Å². The van der Waals surface area contributed by atoms with Crippen LogP contribution in [0.15, 0.2) is 53.1 Å². The highest BCUT2D eigenvalue weighted by atomic mass is 16.6. The Hall–Kier alpha value is -2.38. The number of aliphatic hydroxyl groups is 2. The summed E-state index contributed by atoms with van der Waals surface area (Å²) in [6.07, 6.45) is 14.4. The lowest BCUT2D eigenvalue weighted by molar-refractivity contribution is -0.268. The van der Waals surface area contributed by atoms with Crippen LogP contribution in [0.4, 0.5) is 0 Å². The molecule has 0 spiro atoms. The molecule has 50 heavy (non-hydrogen) atoms. The van der Waals surface area contributed by atoms with Gasteiger partial charge in [-0.15, -0.1) is 0 Å². The molecule has 0 aromatic heterocycles. The first-order valence-corrected chi connectivity index (χ1v) is 18.7. The van der Waals surface area contributed by atoms with Crippen LogP contribution in [0.1, 0.15) is 105 Å². The Morgan fingerprint density at radius 3 is 2.38 bits per heavy atom. The van der Waals surface area contributed by atoms with Crippen molar-refractivity contribution in [2.24, 2.45) is 22.4 Å². The van der Waals surface area contributed by atoms with E-state index >= 15 is 0 Å². The maximum Gasteiger partial charge on any atom is 0.273 e. The summed E-state index contributed by atoms with van der Waals surface area (Å²) in [5, 5.41) is 22.9. The number of nitrogens with zero attached hydrogens (tertiary/aromatic N) is 1. The van der Waals surface area contributed by atoms with Crippen LogP contribution in [0.3, 0.4) is 0 Å². The first-order valence-electron chi connectivity index (χ1n) is 18.7. The number of carbonyl (C=O) groups excluding carboxylic acids is 1. The minimum absolute atomic E-state index is 0.0165. The topological polar surface area (TPSA) is 168 Å². The number of guanidine groups is 1. The van der Waals surface area contributed by atoms with Crippen LogP contribution in [-0.2, 0) is 28.5 Å². The van der Waals surface area contributed by atoms with Gasteiger partial charge in [0.25, 0.3) is 5.91 Å². The van der Waals surface area contributed by atoms with E-state index in [0.717, 1.165) is 56.1 Å². The first kappa shape index (κ1) is 38.8. The molecular weight excluding hydrogens is 638 g/mol. The molecule has 5 rings (SSSR count). The molecule has 280 valence electrons. The van der Waals surface area contributed by atoms with Crippen molar-refractivity contribution in [3.63, 3.8) is 0 Å². The van der Waals surface area contributed by atoms with Gasteiger partial charge in [0.2, 0.25) is 0 Å². The second kappa shape index (κ2) is 16.5. The molecule has 13 atom stereocenters. The number of hydrogen-bond acceptors (Lipinski definition) is 8. The second-order valence-corrected chi connectivity index (χ2v) is 15.7. The summed E-state index contributed by atoms with van der Waals surface area (Å²) in [5.41, 5.74) is 10.9. The normalized spacial score (nSPS) is 42.5. The van der Waals surface area contributed by atoms with E-state index in [1.54, 1.807) is 6.08 Å². The average molecular weight is 700 g/mol. The summed E-state index contributed by atoms with van der Waals surface area (Å²) >= 11 is 0. The molecule has 1 amide bonds. The fourth-order valence-corrected chi connectivity index (χ4v) is 8.53. The van der Waals surface area contributed by atoms with Crippen molar-refractivity contribution in [3.05, 3.63) is 48.1 Å². The van der Waals surface area contributed by atoms with Crippen LogP contribution < -0.4 is 11.5 Å². The molecule has 5 fully saturated rings. The van der Waals surface area contributed by atoms with Crippen molar-refractivity contribution in [1.82, 2.24) is 0 Å².